The normalized spacial score (nSPS) is 15.1. The fourth-order valence-electron chi connectivity index (χ4n) is 3.09. The summed E-state index contributed by atoms with van der Waals surface area (Å²) in [5.74, 6) is 1.63. The van der Waals surface area contributed by atoms with E-state index in [9.17, 15) is 0 Å². The molecule has 1 N–H and O–H groups in total. The van der Waals surface area contributed by atoms with E-state index in [0.717, 1.165) is 18.7 Å². The fraction of sp³-hybridized carbons (Fsp3) is 0.389. The molecule has 0 unspecified atom stereocenters. The van der Waals surface area contributed by atoms with E-state index in [4.69, 9.17) is 4.52 Å². The summed E-state index contributed by atoms with van der Waals surface area (Å²) < 4.78 is 5.43. The highest BCUT2D eigenvalue weighted by atomic mass is 16.5. The van der Waals surface area contributed by atoms with Gasteiger partial charge in [-0.2, -0.15) is 4.98 Å². The van der Waals surface area contributed by atoms with Crippen LogP contribution in [0.15, 0.2) is 41.6 Å². The smallest absolute Gasteiger partial charge is 0.263 e. The van der Waals surface area contributed by atoms with E-state index in [-0.39, 0.29) is 0 Å². The van der Waals surface area contributed by atoms with E-state index < -0.39 is 0 Å². The fourth-order valence-corrected chi connectivity index (χ4v) is 3.09. The van der Waals surface area contributed by atoms with Gasteiger partial charge in [0.05, 0.1) is 0 Å². The van der Waals surface area contributed by atoms with Crippen LogP contribution >= 0.6 is 0 Å². The summed E-state index contributed by atoms with van der Waals surface area (Å²) in [4.78, 5) is 19.4. The van der Waals surface area contributed by atoms with E-state index in [1.165, 1.54) is 38.7 Å². The van der Waals surface area contributed by atoms with E-state index in [1.54, 1.807) is 18.6 Å². The molecular weight excluding hydrogens is 330 g/mol. The quantitative estimate of drug-likeness (QED) is 0.724. The number of nitrogens with zero attached hydrogens (tertiary/aromatic N) is 6. The molecule has 3 aromatic heterocycles. The number of likely N-dealkylation sites (tertiary alicyclic amines) is 1. The Morgan fingerprint density at radius 2 is 1.92 bits per heavy atom. The first-order chi connectivity index (χ1) is 12.9. The highest BCUT2D eigenvalue weighted by molar-refractivity contribution is 5.69. The lowest BCUT2D eigenvalue weighted by Crippen LogP contribution is -2.33. The molecule has 8 heteroatoms. The van der Waals surface area contributed by atoms with E-state index in [2.05, 4.69) is 35.3 Å². The van der Waals surface area contributed by atoms with Crippen molar-refractivity contribution < 1.29 is 4.52 Å². The lowest BCUT2D eigenvalue weighted by atomic mass is 10.1. The van der Waals surface area contributed by atoms with Crippen molar-refractivity contribution in [2.75, 3.05) is 31.5 Å². The van der Waals surface area contributed by atoms with Gasteiger partial charge >= 0.3 is 0 Å². The van der Waals surface area contributed by atoms with Crippen molar-refractivity contribution in [3.8, 4) is 22.8 Å². The van der Waals surface area contributed by atoms with Crippen LogP contribution in [0.3, 0.4) is 0 Å². The van der Waals surface area contributed by atoms with Gasteiger partial charge in [0, 0.05) is 37.2 Å². The molecule has 1 aliphatic rings. The Labute approximate surface area is 151 Å². The molecule has 0 atom stereocenters. The number of hydrogen-bond donors (Lipinski definition) is 1. The zero-order valence-corrected chi connectivity index (χ0v) is 14.5. The van der Waals surface area contributed by atoms with Crippen LogP contribution in [-0.2, 0) is 0 Å². The van der Waals surface area contributed by atoms with Gasteiger partial charge < -0.3 is 14.7 Å². The Hall–Kier alpha value is -2.87. The highest BCUT2D eigenvalue weighted by Gasteiger charge is 2.16. The van der Waals surface area contributed by atoms with Gasteiger partial charge in [-0.3, -0.25) is 4.98 Å². The van der Waals surface area contributed by atoms with Crippen molar-refractivity contribution in [2.45, 2.75) is 19.3 Å². The van der Waals surface area contributed by atoms with Gasteiger partial charge in [-0.15, -0.1) is 0 Å². The molecule has 0 aromatic carbocycles. The second-order valence-corrected chi connectivity index (χ2v) is 6.27. The highest BCUT2D eigenvalue weighted by Crippen LogP contribution is 2.25. The van der Waals surface area contributed by atoms with Crippen LogP contribution in [0.25, 0.3) is 22.8 Å². The predicted molar refractivity (Wildman–Crippen MR) is 97.3 cm³/mol. The van der Waals surface area contributed by atoms with Gasteiger partial charge in [0.1, 0.15) is 17.7 Å². The van der Waals surface area contributed by atoms with Gasteiger partial charge in [-0.25, -0.2) is 9.97 Å². The number of rotatable bonds is 6. The maximum absolute atomic E-state index is 5.43. The largest absolute Gasteiger partial charge is 0.368 e. The van der Waals surface area contributed by atoms with E-state index in [1.807, 2.05) is 12.1 Å². The summed E-state index contributed by atoms with van der Waals surface area (Å²) in [6, 6.07) is 3.68. The van der Waals surface area contributed by atoms with Crippen LogP contribution in [0.1, 0.15) is 19.3 Å². The van der Waals surface area contributed by atoms with Gasteiger partial charge in [0.15, 0.2) is 0 Å². The molecule has 1 aliphatic heterocycles. The minimum atomic E-state index is 0.401. The maximum Gasteiger partial charge on any atom is 0.263 e. The Balaban J connectivity index is 1.46. The molecule has 0 bridgehead atoms. The zero-order chi connectivity index (χ0) is 17.6. The number of pyridine rings is 1. The summed E-state index contributed by atoms with van der Waals surface area (Å²) in [7, 11) is 0. The predicted octanol–water partition coefficient (Wildman–Crippen LogP) is 2.49. The molecule has 4 heterocycles. The molecule has 0 spiro atoms. The minimum Gasteiger partial charge on any atom is -0.368 e. The monoisotopic (exact) mass is 351 g/mol. The summed E-state index contributed by atoms with van der Waals surface area (Å²) in [6.45, 7) is 4.17. The van der Waals surface area contributed by atoms with Crippen molar-refractivity contribution in [3.05, 3.63) is 37.1 Å². The molecule has 0 aliphatic carbocycles. The molecule has 3 aromatic rings. The molecule has 0 saturated carbocycles. The summed E-state index contributed by atoms with van der Waals surface area (Å²) in [5, 5.41) is 7.43. The first kappa shape index (κ1) is 16.6. The summed E-state index contributed by atoms with van der Waals surface area (Å²) in [5.41, 5.74) is 1.56. The summed E-state index contributed by atoms with van der Waals surface area (Å²) in [6.07, 6.45) is 10.5. The molecule has 0 amide bonds. The van der Waals surface area contributed by atoms with Crippen molar-refractivity contribution in [1.82, 2.24) is 30.0 Å². The minimum absolute atomic E-state index is 0.401. The molecule has 1 fully saturated rings. The Morgan fingerprint density at radius 1 is 1.08 bits per heavy atom. The van der Waals surface area contributed by atoms with Crippen molar-refractivity contribution in [3.63, 3.8) is 0 Å². The lowest BCUT2D eigenvalue weighted by molar-refractivity contribution is 0.237. The molecule has 0 radical (unpaired) electrons. The average molecular weight is 351 g/mol. The van der Waals surface area contributed by atoms with Crippen LogP contribution in [0.5, 0.6) is 0 Å². The standard InChI is InChI=1S/C18H21N7O/c1-2-9-25(10-3-1)11-8-21-17-15(12-20-13-22-17)18-23-16(24-26-18)14-4-6-19-7-5-14/h4-7,12-13H,1-3,8-11H2,(H,20,21,22). The first-order valence-corrected chi connectivity index (χ1v) is 8.91. The third-order valence-electron chi connectivity index (χ3n) is 4.48. The molecule has 8 nitrogen and oxygen atoms in total. The van der Waals surface area contributed by atoms with E-state index >= 15 is 0 Å². The molecule has 1 saturated heterocycles. The summed E-state index contributed by atoms with van der Waals surface area (Å²) >= 11 is 0. The number of anilines is 1. The zero-order valence-electron chi connectivity index (χ0n) is 14.5. The van der Waals surface area contributed by atoms with Gasteiger partial charge in [-0.1, -0.05) is 11.6 Å². The lowest BCUT2D eigenvalue weighted by Gasteiger charge is -2.26. The van der Waals surface area contributed by atoms with Crippen LogP contribution in [-0.4, -0.2) is 56.2 Å². The Bertz CT molecular complexity index is 830. The van der Waals surface area contributed by atoms with Gasteiger partial charge in [0.25, 0.3) is 5.89 Å². The van der Waals surface area contributed by atoms with Crippen molar-refractivity contribution >= 4 is 5.82 Å². The Kier molecular flexibility index (Phi) is 5.11. The van der Waals surface area contributed by atoms with Crippen LogP contribution < -0.4 is 5.32 Å². The molecule has 26 heavy (non-hydrogen) atoms. The van der Waals surface area contributed by atoms with Crippen LogP contribution in [0, 0.1) is 0 Å². The SMILES string of the molecule is c1cc(-c2noc(-c3cncnc3NCCN3CCCCC3)n2)ccn1. The number of piperidine rings is 1. The second kappa shape index (κ2) is 8.01. The topological polar surface area (TPSA) is 92.9 Å². The maximum atomic E-state index is 5.43. The third kappa shape index (κ3) is 3.85. The number of aromatic nitrogens is 5. The van der Waals surface area contributed by atoms with Crippen LogP contribution in [0.2, 0.25) is 0 Å². The van der Waals surface area contributed by atoms with E-state index in [0.29, 0.717) is 23.1 Å². The molecular formula is C18H21N7O. The first-order valence-electron chi connectivity index (χ1n) is 8.91. The average Bonchev–Trinajstić information content (AvgIpc) is 3.20. The van der Waals surface area contributed by atoms with Crippen LogP contribution in [0.4, 0.5) is 5.82 Å². The Morgan fingerprint density at radius 3 is 2.77 bits per heavy atom. The van der Waals surface area contributed by atoms with Gasteiger partial charge in [0.2, 0.25) is 5.82 Å². The second-order valence-electron chi connectivity index (χ2n) is 6.27. The van der Waals surface area contributed by atoms with Crippen molar-refractivity contribution in [2.24, 2.45) is 0 Å². The number of hydrogen-bond acceptors (Lipinski definition) is 8. The van der Waals surface area contributed by atoms with Crippen molar-refractivity contribution in [1.29, 1.82) is 0 Å². The third-order valence-corrected chi connectivity index (χ3v) is 4.48. The van der Waals surface area contributed by atoms with Gasteiger partial charge in [-0.05, 0) is 38.1 Å². The molecule has 4 rings (SSSR count). The molecule has 134 valence electrons. The number of nitrogens with one attached hydrogen (secondary N) is 1.